The van der Waals surface area contributed by atoms with E-state index < -0.39 is 6.10 Å². The summed E-state index contributed by atoms with van der Waals surface area (Å²) in [4.78, 5) is 13.3. The van der Waals surface area contributed by atoms with Gasteiger partial charge in [-0.1, -0.05) is 0 Å². The second kappa shape index (κ2) is 5.29. The van der Waals surface area contributed by atoms with Gasteiger partial charge in [0.25, 0.3) is 0 Å². The van der Waals surface area contributed by atoms with E-state index in [4.69, 9.17) is 4.74 Å². The van der Waals surface area contributed by atoms with Crippen LogP contribution in [0.1, 0.15) is 6.42 Å². The highest BCUT2D eigenvalue weighted by Crippen LogP contribution is 2.10. The third-order valence-corrected chi connectivity index (χ3v) is 2.44. The number of hydrogen-bond donors (Lipinski definition) is 2. The first-order valence-electron chi connectivity index (χ1n) is 4.82. The summed E-state index contributed by atoms with van der Waals surface area (Å²) in [6.45, 7) is 1.35. The fraction of sp³-hybridized carbons (Fsp3) is 0.889. The van der Waals surface area contributed by atoms with Gasteiger partial charge in [0.1, 0.15) is 0 Å². The van der Waals surface area contributed by atoms with Crippen LogP contribution in [0.15, 0.2) is 0 Å². The third-order valence-electron chi connectivity index (χ3n) is 2.44. The van der Waals surface area contributed by atoms with Crippen LogP contribution < -0.4 is 5.32 Å². The Morgan fingerprint density at radius 2 is 2.50 bits per heavy atom. The molecule has 0 aliphatic carbocycles. The molecule has 1 rings (SSSR count). The average Bonchev–Trinajstić information content (AvgIpc) is 2.48. The molecule has 0 aromatic rings. The van der Waals surface area contributed by atoms with Crippen molar-refractivity contribution in [1.29, 1.82) is 0 Å². The Balaban J connectivity index is 2.36. The maximum Gasteiger partial charge on any atom is 0.239 e. The summed E-state index contributed by atoms with van der Waals surface area (Å²) in [5, 5.41) is 12.4. The van der Waals surface area contributed by atoms with Gasteiger partial charge in [0.15, 0.2) is 0 Å². The van der Waals surface area contributed by atoms with Crippen LogP contribution in [-0.4, -0.2) is 61.9 Å². The number of ether oxygens (including phenoxy) is 1. The van der Waals surface area contributed by atoms with Gasteiger partial charge in [-0.25, -0.2) is 0 Å². The van der Waals surface area contributed by atoms with Crippen molar-refractivity contribution in [2.75, 3.05) is 33.9 Å². The molecule has 0 saturated carbocycles. The lowest BCUT2D eigenvalue weighted by atomic mass is 10.2. The van der Waals surface area contributed by atoms with E-state index in [1.807, 2.05) is 0 Å². The number of methoxy groups -OCH3 is 1. The molecule has 2 N–H and O–H groups in total. The molecule has 1 heterocycles. The van der Waals surface area contributed by atoms with Crippen molar-refractivity contribution in [2.45, 2.75) is 18.6 Å². The molecule has 2 atom stereocenters. The average molecular weight is 202 g/mol. The fourth-order valence-corrected chi connectivity index (χ4v) is 1.69. The van der Waals surface area contributed by atoms with Crippen molar-refractivity contribution < 1.29 is 14.6 Å². The van der Waals surface area contributed by atoms with E-state index in [9.17, 15) is 9.90 Å². The van der Waals surface area contributed by atoms with Gasteiger partial charge in [0, 0.05) is 20.2 Å². The summed E-state index contributed by atoms with van der Waals surface area (Å²) in [7, 11) is 3.31. The number of carbonyl (C=O) groups is 1. The van der Waals surface area contributed by atoms with Crippen molar-refractivity contribution in [1.82, 2.24) is 10.2 Å². The van der Waals surface area contributed by atoms with Crippen LogP contribution >= 0.6 is 0 Å². The lowest BCUT2D eigenvalue weighted by molar-refractivity contribution is -0.130. The highest BCUT2D eigenvalue weighted by Gasteiger charge is 2.31. The number of aliphatic hydroxyl groups excluding tert-OH is 1. The van der Waals surface area contributed by atoms with Gasteiger partial charge in [0.2, 0.25) is 5.91 Å². The topological polar surface area (TPSA) is 61.8 Å². The Morgan fingerprint density at radius 3 is 3.00 bits per heavy atom. The molecule has 82 valence electrons. The first kappa shape index (κ1) is 11.4. The van der Waals surface area contributed by atoms with Crippen LogP contribution in [-0.2, 0) is 9.53 Å². The molecule has 2 unspecified atom stereocenters. The van der Waals surface area contributed by atoms with E-state index in [0.717, 1.165) is 6.42 Å². The molecule has 5 nitrogen and oxygen atoms in total. The number of aliphatic hydroxyl groups is 1. The minimum Gasteiger partial charge on any atom is -0.389 e. The molecule has 14 heavy (non-hydrogen) atoms. The molecular formula is C9H18N2O3. The number of β-amino-alcohol motifs (C(OH)–C–C–N with tert-alkyl or cyclic N) is 1. The normalized spacial score (nSPS) is 24.4. The quantitative estimate of drug-likeness (QED) is 0.589. The summed E-state index contributed by atoms with van der Waals surface area (Å²) in [6.07, 6.45) is 0.231. The number of likely N-dealkylation sites (tertiary alicyclic amines) is 1. The Kier molecular flexibility index (Phi) is 4.31. The Hall–Kier alpha value is -0.650. The zero-order valence-corrected chi connectivity index (χ0v) is 8.69. The van der Waals surface area contributed by atoms with E-state index in [0.29, 0.717) is 13.1 Å². The maximum atomic E-state index is 11.6. The molecule has 5 heteroatoms. The number of rotatable bonds is 5. The Labute approximate surface area is 84.0 Å². The number of amides is 1. The molecule has 1 aliphatic heterocycles. The predicted octanol–water partition coefficient (Wildman–Crippen LogP) is -1.19. The van der Waals surface area contributed by atoms with Crippen molar-refractivity contribution >= 4 is 5.91 Å². The van der Waals surface area contributed by atoms with Crippen molar-refractivity contribution in [2.24, 2.45) is 0 Å². The molecule has 0 spiro atoms. The van der Waals surface area contributed by atoms with Crippen LogP contribution in [0.2, 0.25) is 0 Å². The minimum atomic E-state index is -0.584. The third kappa shape index (κ3) is 2.67. The first-order valence-corrected chi connectivity index (χ1v) is 4.82. The number of nitrogens with zero attached hydrogens (tertiary/aromatic N) is 1. The number of likely N-dealkylation sites (N-methyl/N-ethyl adjacent to an activating group) is 1. The second-order valence-corrected chi connectivity index (χ2v) is 3.52. The van der Waals surface area contributed by atoms with Crippen molar-refractivity contribution in [3.05, 3.63) is 0 Å². The van der Waals surface area contributed by atoms with E-state index >= 15 is 0 Å². The molecule has 1 aliphatic rings. The van der Waals surface area contributed by atoms with Crippen LogP contribution in [0.5, 0.6) is 0 Å². The van der Waals surface area contributed by atoms with Crippen LogP contribution in [0.3, 0.4) is 0 Å². The molecule has 0 bridgehead atoms. The van der Waals surface area contributed by atoms with Crippen molar-refractivity contribution in [3.8, 4) is 0 Å². The fourth-order valence-electron chi connectivity index (χ4n) is 1.69. The number of nitrogens with one attached hydrogen (secondary N) is 1. The van der Waals surface area contributed by atoms with E-state index in [1.54, 1.807) is 11.9 Å². The van der Waals surface area contributed by atoms with Gasteiger partial charge in [-0.3, -0.25) is 4.79 Å². The molecule has 1 amide bonds. The summed E-state index contributed by atoms with van der Waals surface area (Å²) in [6, 6.07) is -0.0789. The SMILES string of the molecule is CNC1CCN(CC(O)COC)C1=O. The number of hydrogen-bond acceptors (Lipinski definition) is 4. The Bertz CT molecular complexity index is 198. The minimum absolute atomic E-state index is 0.0719. The standard InChI is InChI=1S/C9H18N2O3/c1-10-8-3-4-11(9(8)13)5-7(12)6-14-2/h7-8,10,12H,3-6H2,1-2H3. The molecule has 0 aromatic carbocycles. The maximum absolute atomic E-state index is 11.6. The zero-order valence-electron chi connectivity index (χ0n) is 8.69. The van der Waals surface area contributed by atoms with Gasteiger partial charge >= 0.3 is 0 Å². The lowest BCUT2D eigenvalue weighted by Crippen LogP contribution is -2.40. The van der Waals surface area contributed by atoms with E-state index in [2.05, 4.69) is 5.32 Å². The van der Waals surface area contributed by atoms with E-state index in [-0.39, 0.29) is 18.6 Å². The van der Waals surface area contributed by atoms with Gasteiger partial charge in [-0.05, 0) is 13.5 Å². The summed E-state index contributed by atoms with van der Waals surface area (Å²) in [5.41, 5.74) is 0. The highest BCUT2D eigenvalue weighted by molar-refractivity contribution is 5.83. The van der Waals surface area contributed by atoms with Gasteiger partial charge in [-0.15, -0.1) is 0 Å². The van der Waals surface area contributed by atoms with Crippen LogP contribution in [0.25, 0.3) is 0 Å². The molecule has 1 saturated heterocycles. The molecule has 1 fully saturated rings. The van der Waals surface area contributed by atoms with Crippen molar-refractivity contribution in [3.63, 3.8) is 0 Å². The largest absolute Gasteiger partial charge is 0.389 e. The number of carbonyl (C=O) groups excluding carboxylic acids is 1. The van der Waals surface area contributed by atoms with Gasteiger partial charge in [-0.2, -0.15) is 0 Å². The molecular weight excluding hydrogens is 184 g/mol. The Morgan fingerprint density at radius 1 is 1.79 bits per heavy atom. The summed E-state index contributed by atoms with van der Waals surface area (Å²) < 4.78 is 4.80. The van der Waals surface area contributed by atoms with Gasteiger partial charge < -0.3 is 20.1 Å². The summed E-state index contributed by atoms with van der Waals surface area (Å²) >= 11 is 0. The summed E-state index contributed by atoms with van der Waals surface area (Å²) in [5.74, 6) is 0.0719. The highest BCUT2D eigenvalue weighted by atomic mass is 16.5. The van der Waals surface area contributed by atoms with Crippen LogP contribution in [0, 0.1) is 0 Å². The molecule has 0 aromatic heterocycles. The monoisotopic (exact) mass is 202 g/mol. The van der Waals surface area contributed by atoms with Crippen LogP contribution in [0.4, 0.5) is 0 Å². The van der Waals surface area contributed by atoms with E-state index in [1.165, 1.54) is 7.11 Å². The zero-order chi connectivity index (χ0) is 10.6. The second-order valence-electron chi connectivity index (χ2n) is 3.52. The smallest absolute Gasteiger partial charge is 0.239 e. The predicted molar refractivity (Wildman–Crippen MR) is 51.9 cm³/mol. The molecule has 0 radical (unpaired) electrons. The lowest BCUT2D eigenvalue weighted by Gasteiger charge is -2.19. The van der Waals surface area contributed by atoms with Gasteiger partial charge in [0.05, 0.1) is 18.8 Å². The first-order chi connectivity index (χ1) is 6.69.